The Morgan fingerprint density at radius 2 is 1.84 bits per heavy atom. The number of nitrogens with one attached hydrogen (secondary N) is 1. The van der Waals surface area contributed by atoms with Crippen molar-refractivity contribution in [3.05, 3.63) is 48.0 Å². The Hall–Kier alpha value is -2.03. The van der Waals surface area contributed by atoms with Crippen molar-refractivity contribution in [1.29, 1.82) is 0 Å². The number of nitrogens with zero attached hydrogens (tertiary/aromatic N) is 2. The van der Waals surface area contributed by atoms with Crippen molar-refractivity contribution in [2.24, 2.45) is 11.8 Å². The number of aliphatic hydroxyl groups excluding tert-OH is 2. The number of hydrogen-bond acceptors (Lipinski definition) is 5. The molecule has 8 heteroatoms. The average molecular weight is 435 g/mol. The van der Waals surface area contributed by atoms with Crippen LogP contribution >= 0.6 is 0 Å². The molecule has 1 aromatic heterocycles. The summed E-state index contributed by atoms with van der Waals surface area (Å²) in [5.74, 6) is -3.17. The number of aliphatic hydroxyl groups is 2. The summed E-state index contributed by atoms with van der Waals surface area (Å²) in [7, 11) is 0. The monoisotopic (exact) mass is 435 g/mol. The van der Waals surface area contributed by atoms with Gasteiger partial charge in [0.25, 0.3) is 0 Å². The highest BCUT2D eigenvalue weighted by Gasteiger charge is 2.44. The number of rotatable bonds is 6. The summed E-state index contributed by atoms with van der Waals surface area (Å²) in [5.41, 5.74) is 1.00. The first kappa shape index (κ1) is 22.2. The lowest BCUT2D eigenvalue weighted by Gasteiger charge is -2.33. The van der Waals surface area contributed by atoms with Gasteiger partial charge in [-0.25, -0.2) is 23.1 Å². The molecule has 0 saturated heterocycles. The molecule has 4 rings (SSSR count). The van der Waals surface area contributed by atoms with Crippen LogP contribution in [0.3, 0.4) is 0 Å². The molecule has 4 unspecified atom stereocenters. The van der Waals surface area contributed by atoms with Gasteiger partial charge in [-0.2, -0.15) is 0 Å². The standard InChI is InChI=1S/C23H28F3N3O2/c24-19-4-2-1-3-16(19)22-27-10-7-15(29-22)11-17-18(13-30)21(31)12-20(17)28-14-5-8-23(25,26)9-6-14/h1-4,7,10,14,17-18,20-21,28,30-31H,5-6,8-9,11-13H2. The van der Waals surface area contributed by atoms with Gasteiger partial charge in [-0.3, -0.25) is 0 Å². The van der Waals surface area contributed by atoms with E-state index in [1.165, 1.54) is 6.07 Å². The molecule has 0 spiro atoms. The van der Waals surface area contributed by atoms with E-state index in [4.69, 9.17) is 0 Å². The van der Waals surface area contributed by atoms with Crippen molar-refractivity contribution in [3.8, 4) is 11.4 Å². The van der Waals surface area contributed by atoms with E-state index in [9.17, 15) is 23.4 Å². The lowest BCUT2D eigenvalue weighted by molar-refractivity contribution is -0.0417. The van der Waals surface area contributed by atoms with Gasteiger partial charge < -0.3 is 15.5 Å². The third-order valence-corrected chi connectivity index (χ3v) is 6.71. The fourth-order valence-corrected chi connectivity index (χ4v) is 4.97. The average Bonchev–Trinajstić information content (AvgIpc) is 3.04. The van der Waals surface area contributed by atoms with Crippen molar-refractivity contribution in [1.82, 2.24) is 15.3 Å². The zero-order chi connectivity index (χ0) is 22.0. The number of alkyl halides is 2. The van der Waals surface area contributed by atoms with Crippen LogP contribution in [0.2, 0.25) is 0 Å². The van der Waals surface area contributed by atoms with Crippen molar-refractivity contribution < 1.29 is 23.4 Å². The highest BCUT2D eigenvalue weighted by Crippen LogP contribution is 2.38. The van der Waals surface area contributed by atoms with E-state index in [-0.39, 0.29) is 49.2 Å². The van der Waals surface area contributed by atoms with Crippen LogP contribution in [0.15, 0.2) is 36.5 Å². The molecule has 1 heterocycles. The van der Waals surface area contributed by atoms with Crippen molar-refractivity contribution in [3.63, 3.8) is 0 Å². The maximum absolute atomic E-state index is 14.1. The van der Waals surface area contributed by atoms with E-state index >= 15 is 0 Å². The zero-order valence-electron chi connectivity index (χ0n) is 17.2. The largest absolute Gasteiger partial charge is 0.396 e. The van der Waals surface area contributed by atoms with Crippen LogP contribution < -0.4 is 5.32 Å². The molecule has 2 aliphatic carbocycles. The maximum Gasteiger partial charge on any atom is 0.248 e. The quantitative estimate of drug-likeness (QED) is 0.649. The molecule has 2 aliphatic rings. The van der Waals surface area contributed by atoms with Crippen LogP contribution in [-0.4, -0.2) is 50.9 Å². The fraction of sp³-hybridized carbons (Fsp3) is 0.565. The molecule has 3 N–H and O–H groups in total. The molecule has 2 saturated carbocycles. The number of benzene rings is 1. The van der Waals surface area contributed by atoms with Gasteiger partial charge in [0.1, 0.15) is 5.82 Å². The summed E-state index contributed by atoms with van der Waals surface area (Å²) < 4.78 is 41.1. The molecule has 31 heavy (non-hydrogen) atoms. The van der Waals surface area contributed by atoms with Gasteiger partial charge in [-0.15, -0.1) is 0 Å². The topological polar surface area (TPSA) is 78.3 Å². The third-order valence-electron chi connectivity index (χ3n) is 6.71. The summed E-state index contributed by atoms with van der Waals surface area (Å²) in [6.07, 6.45) is 2.33. The number of aromatic nitrogens is 2. The summed E-state index contributed by atoms with van der Waals surface area (Å²) in [6, 6.07) is 7.90. The zero-order valence-corrected chi connectivity index (χ0v) is 17.2. The normalized spacial score (nSPS) is 28.7. The Bertz CT molecular complexity index is 888. The van der Waals surface area contributed by atoms with Crippen LogP contribution in [0.25, 0.3) is 11.4 Å². The highest BCUT2D eigenvalue weighted by molar-refractivity contribution is 5.55. The van der Waals surface area contributed by atoms with Crippen molar-refractivity contribution in [2.75, 3.05) is 6.61 Å². The Balaban J connectivity index is 1.50. The first-order valence-electron chi connectivity index (χ1n) is 10.9. The van der Waals surface area contributed by atoms with Gasteiger partial charge in [0, 0.05) is 49.3 Å². The van der Waals surface area contributed by atoms with E-state index in [1.54, 1.807) is 30.5 Å². The highest BCUT2D eigenvalue weighted by atomic mass is 19.3. The smallest absolute Gasteiger partial charge is 0.248 e. The second-order valence-electron chi connectivity index (χ2n) is 8.77. The molecule has 0 bridgehead atoms. The van der Waals surface area contributed by atoms with Crippen molar-refractivity contribution in [2.45, 2.75) is 62.6 Å². The Morgan fingerprint density at radius 3 is 2.55 bits per heavy atom. The molecule has 0 amide bonds. The van der Waals surface area contributed by atoms with Crippen LogP contribution in [0, 0.1) is 17.7 Å². The summed E-state index contributed by atoms with van der Waals surface area (Å²) >= 11 is 0. The Labute approximate surface area is 179 Å². The minimum Gasteiger partial charge on any atom is -0.396 e. The van der Waals surface area contributed by atoms with E-state index in [0.717, 1.165) is 0 Å². The first-order valence-corrected chi connectivity index (χ1v) is 10.9. The molecule has 0 aliphatic heterocycles. The minimum atomic E-state index is -2.59. The van der Waals surface area contributed by atoms with Gasteiger partial charge in [-0.05, 0) is 49.8 Å². The van der Waals surface area contributed by atoms with Crippen LogP contribution in [-0.2, 0) is 6.42 Å². The van der Waals surface area contributed by atoms with Gasteiger partial charge >= 0.3 is 0 Å². The van der Waals surface area contributed by atoms with Crippen LogP contribution in [0.1, 0.15) is 37.8 Å². The number of hydrogen-bond donors (Lipinski definition) is 3. The molecule has 168 valence electrons. The van der Waals surface area contributed by atoms with Gasteiger partial charge in [-0.1, -0.05) is 12.1 Å². The minimum absolute atomic E-state index is 0.0313. The lowest BCUT2D eigenvalue weighted by atomic mass is 9.87. The summed E-state index contributed by atoms with van der Waals surface area (Å²) in [5, 5.41) is 23.8. The predicted octanol–water partition coefficient (Wildman–Crippen LogP) is 3.35. The second-order valence-corrected chi connectivity index (χ2v) is 8.77. The van der Waals surface area contributed by atoms with Gasteiger partial charge in [0.15, 0.2) is 5.82 Å². The second kappa shape index (κ2) is 9.22. The van der Waals surface area contributed by atoms with Gasteiger partial charge in [0.05, 0.1) is 11.7 Å². The van der Waals surface area contributed by atoms with Crippen LogP contribution in [0.4, 0.5) is 13.2 Å². The molecule has 4 atom stereocenters. The molecule has 0 radical (unpaired) electrons. The molecular formula is C23H28F3N3O2. The fourth-order valence-electron chi connectivity index (χ4n) is 4.97. The van der Waals surface area contributed by atoms with E-state index < -0.39 is 17.8 Å². The molecule has 2 aromatic rings. The Morgan fingerprint density at radius 1 is 1.10 bits per heavy atom. The molecule has 5 nitrogen and oxygen atoms in total. The predicted molar refractivity (Wildman–Crippen MR) is 110 cm³/mol. The molecule has 1 aromatic carbocycles. The molecule has 2 fully saturated rings. The maximum atomic E-state index is 14.1. The van der Waals surface area contributed by atoms with Crippen LogP contribution in [0.5, 0.6) is 0 Å². The SMILES string of the molecule is OCC1C(O)CC(NC2CCC(F)(F)CC2)C1Cc1ccnc(-c2ccccc2F)n1. The molecular weight excluding hydrogens is 407 g/mol. The lowest BCUT2D eigenvalue weighted by Crippen LogP contribution is -2.45. The third kappa shape index (κ3) is 5.07. The van der Waals surface area contributed by atoms with E-state index in [2.05, 4.69) is 15.3 Å². The Kier molecular flexibility index (Phi) is 6.60. The summed E-state index contributed by atoms with van der Waals surface area (Å²) in [6.45, 7) is -0.169. The first-order chi connectivity index (χ1) is 14.9. The number of halogens is 3. The van der Waals surface area contributed by atoms with E-state index in [0.29, 0.717) is 36.9 Å². The van der Waals surface area contributed by atoms with Gasteiger partial charge in [0.2, 0.25) is 5.92 Å². The van der Waals surface area contributed by atoms with E-state index in [1.807, 2.05) is 0 Å². The van der Waals surface area contributed by atoms with Crippen molar-refractivity contribution >= 4 is 0 Å². The summed E-state index contributed by atoms with van der Waals surface area (Å²) in [4.78, 5) is 8.71.